The molecule has 0 aromatic heterocycles. The highest BCUT2D eigenvalue weighted by atomic mass is 35.5. The van der Waals surface area contributed by atoms with Crippen LogP contribution in [0.25, 0.3) is 0 Å². The van der Waals surface area contributed by atoms with Gasteiger partial charge in [0, 0.05) is 6.54 Å². The van der Waals surface area contributed by atoms with Crippen molar-refractivity contribution in [2.75, 3.05) is 5.75 Å². The van der Waals surface area contributed by atoms with Crippen molar-refractivity contribution in [1.29, 1.82) is 0 Å². The van der Waals surface area contributed by atoms with Gasteiger partial charge in [-0.1, -0.05) is 30.8 Å². The fourth-order valence-electron chi connectivity index (χ4n) is 1.31. The minimum atomic E-state index is 0. The zero-order valence-electron chi connectivity index (χ0n) is 9.97. The van der Waals surface area contributed by atoms with Gasteiger partial charge < -0.3 is 11.5 Å². The highest BCUT2D eigenvalue weighted by Gasteiger charge is 2.02. The SMILES string of the molecule is CCSC(N)=Nc1cccc(CN)c1C.Cl.Cl. The lowest BCUT2D eigenvalue weighted by atomic mass is 10.1. The van der Waals surface area contributed by atoms with Crippen LogP contribution >= 0.6 is 36.6 Å². The average molecular weight is 296 g/mol. The topological polar surface area (TPSA) is 64.4 Å². The number of aliphatic imine (C=N–C) groups is 1. The van der Waals surface area contributed by atoms with Crippen LogP contribution < -0.4 is 11.5 Å². The first-order chi connectivity index (χ1) is 7.19. The summed E-state index contributed by atoms with van der Waals surface area (Å²) >= 11 is 1.54. The maximum absolute atomic E-state index is 5.76. The number of hydrogen-bond donors (Lipinski definition) is 2. The third-order valence-corrected chi connectivity index (χ3v) is 2.84. The van der Waals surface area contributed by atoms with Gasteiger partial charge in [0.1, 0.15) is 0 Å². The first kappa shape index (κ1) is 18.9. The molecule has 17 heavy (non-hydrogen) atoms. The molecule has 0 bridgehead atoms. The predicted molar refractivity (Wildman–Crippen MR) is 83.0 cm³/mol. The van der Waals surface area contributed by atoms with Crippen molar-refractivity contribution in [2.45, 2.75) is 20.4 Å². The molecule has 6 heteroatoms. The van der Waals surface area contributed by atoms with Crippen LogP contribution in [0.5, 0.6) is 0 Å². The second kappa shape index (κ2) is 9.59. The molecule has 1 rings (SSSR count). The summed E-state index contributed by atoms with van der Waals surface area (Å²) in [5.74, 6) is 0.935. The maximum atomic E-state index is 5.76. The Kier molecular flexibility index (Phi) is 10.7. The second-order valence-corrected chi connectivity index (χ2v) is 4.43. The van der Waals surface area contributed by atoms with Gasteiger partial charge in [-0.15, -0.1) is 24.8 Å². The number of nitrogens with two attached hydrogens (primary N) is 2. The van der Waals surface area contributed by atoms with E-state index in [4.69, 9.17) is 11.5 Å². The molecule has 4 N–H and O–H groups in total. The minimum Gasteiger partial charge on any atom is -0.378 e. The number of amidine groups is 1. The van der Waals surface area contributed by atoms with Gasteiger partial charge in [-0.3, -0.25) is 0 Å². The van der Waals surface area contributed by atoms with Crippen molar-refractivity contribution in [3.63, 3.8) is 0 Å². The van der Waals surface area contributed by atoms with E-state index in [0.717, 1.165) is 22.6 Å². The Morgan fingerprint density at radius 3 is 2.53 bits per heavy atom. The molecule has 0 saturated heterocycles. The van der Waals surface area contributed by atoms with E-state index in [-0.39, 0.29) is 24.8 Å². The predicted octanol–water partition coefficient (Wildman–Crippen LogP) is 3.00. The molecule has 0 fully saturated rings. The summed E-state index contributed by atoms with van der Waals surface area (Å²) in [6.07, 6.45) is 0. The van der Waals surface area contributed by atoms with Gasteiger partial charge in [0.2, 0.25) is 0 Å². The van der Waals surface area contributed by atoms with Crippen molar-refractivity contribution in [2.24, 2.45) is 16.5 Å². The molecule has 0 amide bonds. The largest absolute Gasteiger partial charge is 0.378 e. The third kappa shape index (κ3) is 5.64. The molecule has 0 saturated carbocycles. The van der Waals surface area contributed by atoms with E-state index in [0.29, 0.717) is 11.7 Å². The summed E-state index contributed by atoms with van der Waals surface area (Å²) in [5.41, 5.74) is 14.5. The van der Waals surface area contributed by atoms with E-state index < -0.39 is 0 Å². The van der Waals surface area contributed by atoms with Crippen LogP contribution in [-0.4, -0.2) is 10.9 Å². The van der Waals surface area contributed by atoms with Crippen molar-refractivity contribution in [1.82, 2.24) is 0 Å². The summed E-state index contributed by atoms with van der Waals surface area (Å²) in [7, 11) is 0. The molecule has 0 heterocycles. The number of nitrogens with zero attached hydrogens (tertiary/aromatic N) is 1. The van der Waals surface area contributed by atoms with Gasteiger partial charge in [-0.2, -0.15) is 0 Å². The summed E-state index contributed by atoms with van der Waals surface area (Å²) in [5, 5.41) is 0.606. The van der Waals surface area contributed by atoms with Crippen LogP contribution in [0.3, 0.4) is 0 Å². The Labute approximate surface area is 119 Å². The lowest BCUT2D eigenvalue weighted by molar-refractivity contribution is 1.05. The van der Waals surface area contributed by atoms with Gasteiger partial charge in [-0.05, 0) is 29.9 Å². The number of benzene rings is 1. The Balaban J connectivity index is 0. The molecule has 0 aliphatic heterocycles. The molecule has 98 valence electrons. The molecule has 0 spiro atoms. The number of rotatable bonds is 3. The summed E-state index contributed by atoms with van der Waals surface area (Å²) < 4.78 is 0. The molecule has 0 aliphatic rings. The van der Waals surface area contributed by atoms with E-state index in [2.05, 4.69) is 11.9 Å². The number of thioether (sulfide) groups is 1. The van der Waals surface area contributed by atoms with E-state index in [9.17, 15) is 0 Å². The van der Waals surface area contributed by atoms with Crippen LogP contribution in [0, 0.1) is 6.92 Å². The van der Waals surface area contributed by atoms with Gasteiger partial charge in [0.25, 0.3) is 0 Å². The number of halogens is 2. The zero-order valence-corrected chi connectivity index (χ0v) is 12.4. The first-order valence-corrected chi connectivity index (χ1v) is 5.93. The molecular weight excluding hydrogens is 277 g/mol. The first-order valence-electron chi connectivity index (χ1n) is 4.94. The summed E-state index contributed by atoms with van der Waals surface area (Å²) in [4.78, 5) is 4.36. The van der Waals surface area contributed by atoms with Gasteiger partial charge in [0.05, 0.1) is 5.69 Å². The smallest absolute Gasteiger partial charge is 0.159 e. The number of hydrogen-bond acceptors (Lipinski definition) is 3. The van der Waals surface area contributed by atoms with Gasteiger partial charge in [-0.25, -0.2) is 4.99 Å². The highest BCUT2D eigenvalue weighted by molar-refractivity contribution is 8.13. The van der Waals surface area contributed by atoms with Crippen molar-refractivity contribution >= 4 is 47.4 Å². The van der Waals surface area contributed by atoms with E-state index in [1.54, 1.807) is 11.8 Å². The van der Waals surface area contributed by atoms with Crippen LogP contribution in [0.4, 0.5) is 5.69 Å². The van der Waals surface area contributed by atoms with E-state index >= 15 is 0 Å². The van der Waals surface area contributed by atoms with E-state index in [1.165, 1.54) is 0 Å². The third-order valence-electron chi connectivity index (χ3n) is 2.16. The van der Waals surface area contributed by atoms with Gasteiger partial charge >= 0.3 is 0 Å². The van der Waals surface area contributed by atoms with Crippen LogP contribution in [0.15, 0.2) is 23.2 Å². The molecular formula is C11H19Cl2N3S. The van der Waals surface area contributed by atoms with Crippen molar-refractivity contribution in [3.05, 3.63) is 29.3 Å². The van der Waals surface area contributed by atoms with E-state index in [1.807, 2.05) is 25.1 Å². The lowest BCUT2D eigenvalue weighted by Crippen LogP contribution is -2.06. The Morgan fingerprint density at radius 2 is 2.00 bits per heavy atom. The Hall–Kier alpha value is -0.420. The molecule has 3 nitrogen and oxygen atoms in total. The molecule has 0 atom stereocenters. The lowest BCUT2D eigenvalue weighted by Gasteiger charge is -2.06. The molecule has 0 radical (unpaired) electrons. The monoisotopic (exact) mass is 295 g/mol. The normalized spacial score (nSPS) is 10.4. The molecule has 1 aromatic carbocycles. The van der Waals surface area contributed by atoms with Crippen LogP contribution in [0.2, 0.25) is 0 Å². The molecule has 0 aliphatic carbocycles. The molecule has 0 unspecified atom stereocenters. The van der Waals surface area contributed by atoms with Crippen molar-refractivity contribution in [3.8, 4) is 0 Å². The van der Waals surface area contributed by atoms with Crippen LogP contribution in [0.1, 0.15) is 18.1 Å². The Morgan fingerprint density at radius 1 is 1.35 bits per heavy atom. The minimum absolute atomic E-state index is 0. The standard InChI is InChI=1S/C11H17N3S.2ClH/c1-3-15-11(13)14-10-6-4-5-9(7-12)8(10)2;;/h4-6H,3,7,12H2,1-2H3,(H2,13,14);2*1H. The fourth-order valence-corrected chi connectivity index (χ4v) is 1.77. The zero-order chi connectivity index (χ0) is 11.3. The second-order valence-electron chi connectivity index (χ2n) is 3.15. The van der Waals surface area contributed by atoms with Crippen molar-refractivity contribution < 1.29 is 0 Å². The average Bonchev–Trinajstić information content (AvgIpc) is 2.21. The Bertz CT molecular complexity index is 370. The van der Waals surface area contributed by atoms with Crippen LogP contribution in [-0.2, 0) is 6.54 Å². The quantitative estimate of drug-likeness (QED) is 0.665. The summed E-state index contributed by atoms with van der Waals surface area (Å²) in [6.45, 7) is 4.61. The highest BCUT2D eigenvalue weighted by Crippen LogP contribution is 2.22. The summed E-state index contributed by atoms with van der Waals surface area (Å²) in [6, 6.07) is 5.92. The van der Waals surface area contributed by atoms with Gasteiger partial charge in [0.15, 0.2) is 5.17 Å². The maximum Gasteiger partial charge on any atom is 0.159 e. The fraction of sp³-hybridized carbons (Fsp3) is 0.364. The molecule has 1 aromatic rings.